The third-order valence-electron chi connectivity index (χ3n) is 6.33. The molecule has 0 aromatic heterocycles. The smallest absolute Gasteiger partial charge is 0.128 e. The van der Waals surface area contributed by atoms with Crippen LogP contribution in [0, 0.1) is 0 Å². The van der Waals surface area contributed by atoms with Gasteiger partial charge in [-0.2, -0.15) is 0 Å². The van der Waals surface area contributed by atoms with E-state index in [1.807, 2.05) is 24.3 Å². The molecule has 0 spiro atoms. The number of hydrogen-bond acceptors (Lipinski definition) is 4. The van der Waals surface area contributed by atoms with Gasteiger partial charge in [-0.1, -0.05) is 86.2 Å². The molecule has 1 saturated carbocycles. The zero-order valence-electron chi connectivity index (χ0n) is 21.3. The van der Waals surface area contributed by atoms with Crippen LogP contribution in [0.4, 0.5) is 0 Å². The molecule has 35 heavy (non-hydrogen) atoms. The van der Waals surface area contributed by atoms with Crippen LogP contribution >= 0.6 is 31.9 Å². The minimum Gasteiger partial charge on any atom is -0.507 e. The number of phenolic OH excluding ortho intramolecular Hbond substituents is 2. The van der Waals surface area contributed by atoms with Crippen molar-refractivity contribution in [2.24, 2.45) is 9.98 Å². The van der Waals surface area contributed by atoms with Crippen molar-refractivity contribution < 1.29 is 27.0 Å². The number of halogens is 2. The fraction of sp³-hybridized carbons (Fsp3) is 0.500. The molecule has 193 valence electrons. The zero-order chi connectivity index (χ0) is 25.3. The largest absolute Gasteiger partial charge is 0.507 e. The maximum atomic E-state index is 10.9. The van der Waals surface area contributed by atoms with Gasteiger partial charge in [0, 0.05) is 60.4 Å². The van der Waals surface area contributed by atoms with Gasteiger partial charge in [-0.3, -0.25) is 9.98 Å². The summed E-state index contributed by atoms with van der Waals surface area (Å²) in [5, 5.41) is 21.7. The second-order valence-electron chi connectivity index (χ2n) is 11.3. The molecule has 2 atom stereocenters. The second kappa shape index (κ2) is 11.9. The molecule has 0 unspecified atom stereocenters. The van der Waals surface area contributed by atoms with Crippen molar-refractivity contribution in [2.75, 3.05) is 0 Å². The molecule has 1 radical (unpaired) electrons. The maximum absolute atomic E-state index is 10.9. The van der Waals surface area contributed by atoms with Gasteiger partial charge < -0.3 is 10.2 Å². The van der Waals surface area contributed by atoms with E-state index in [0.29, 0.717) is 11.1 Å². The van der Waals surface area contributed by atoms with Crippen molar-refractivity contribution in [1.82, 2.24) is 0 Å². The summed E-state index contributed by atoms with van der Waals surface area (Å²) in [6, 6.07) is 7.83. The summed E-state index contributed by atoms with van der Waals surface area (Å²) in [4.78, 5) is 9.76. The van der Waals surface area contributed by atoms with Crippen LogP contribution in [-0.4, -0.2) is 34.7 Å². The zero-order valence-corrected chi connectivity index (χ0v) is 25.5. The molecule has 0 amide bonds. The molecule has 1 aliphatic rings. The molecule has 0 saturated heterocycles. The van der Waals surface area contributed by atoms with E-state index in [1.165, 1.54) is 0 Å². The third kappa shape index (κ3) is 7.67. The van der Waals surface area contributed by atoms with E-state index in [1.54, 1.807) is 12.4 Å². The first-order chi connectivity index (χ1) is 15.8. The van der Waals surface area contributed by atoms with Crippen molar-refractivity contribution in [3.63, 3.8) is 0 Å². The number of benzene rings is 2. The monoisotopic (exact) mass is 649 g/mol. The van der Waals surface area contributed by atoms with Crippen molar-refractivity contribution in [1.29, 1.82) is 0 Å². The van der Waals surface area contributed by atoms with E-state index < -0.39 is 0 Å². The summed E-state index contributed by atoms with van der Waals surface area (Å²) >= 11 is 7.15. The van der Waals surface area contributed by atoms with E-state index in [4.69, 9.17) is 9.98 Å². The molecule has 2 N–H and O–H groups in total. The molecule has 0 heterocycles. The van der Waals surface area contributed by atoms with Gasteiger partial charge in [-0.25, -0.2) is 0 Å². The van der Waals surface area contributed by atoms with Gasteiger partial charge in [-0.05, 0) is 47.9 Å². The Balaban J connectivity index is 0.00000432. The maximum Gasteiger partial charge on any atom is 0.128 e. The number of nitrogens with zero attached hydrogens (tertiary/aromatic N) is 2. The van der Waals surface area contributed by atoms with E-state index in [9.17, 15) is 10.2 Å². The van der Waals surface area contributed by atoms with Crippen LogP contribution in [0.1, 0.15) is 89.5 Å². The molecular weight excluding hydrogens is 615 g/mol. The third-order valence-corrected chi connectivity index (χ3v) is 7.24. The topological polar surface area (TPSA) is 65.2 Å². The van der Waals surface area contributed by atoms with Crippen molar-refractivity contribution >= 4 is 44.3 Å². The molecule has 2 aromatic carbocycles. The van der Waals surface area contributed by atoms with Crippen LogP contribution < -0.4 is 0 Å². The number of phenols is 2. The Morgan fingerprint density at radius 1 is 0.714 bits per heavy atom. The molecule has 4 nitrogen and oxygen atoms in total. The minimum absolute atomic E-state index is 0. The molecule has 3 rings (SSSR count). The van der Waals surface area contributed by atoms with Crippen LogP contribution in [0.25, 0.3) is 0 Å². The Hall–Kier alpha value is -1.15. The SMILES string of the molecule is CC(C)(C)c1cc(Br)cc(C=N[C@@H]2CCCC[C@H]2N=Cc2cc(Br)cc(C(C)(C)C)c2O)c1O.[Co]. The Morgan fingerprint density at radius 2 is 1.06 bits per heavy atom. The first kappa shape index (κ1) is 30.1. The van der Waals surface area contributed by atoms with E-state index >= 15 is 0 Å². The molecule has 7 heteroatoms. The summed E-state index contributed by atoms with van der Waals surface area (Å²) < 4.78 is 1.85. The number of hydrogen-bond donors (Lipinski definition) is 2. The Morgan fingerprint density at radius 3 is 1.37 bits per heavy atom. The van der Waals surface area contributed by atoms with Crippen LogP contribution in [0.15, 0.2) is 43.2 Å². The number of aliphatic imine (C=N–C) groups is 2. The van der Waals surface area contributed by atoms with Gasteiger partial charge in [0.2, 0.25) is 0 Å². The van der Waals surface area contributed by atoms with Crippen LogP contribution in [0.3, 0.4) is 0 Å². The molecule has 0 aliphatic heterocycles. The van der Waals surface area contributed by atoms with E-state index in [0.717, 1.165) is 45.8 Å². The average Bonchev–Trinajstić information content (AvgIpc) is 2.73. The predicted octanol–water partition coefficient (Wildman–Crippen LogP) is 8.06. The second-order valence-corrected chi connectivity index (χ2v) is 13.1. The molecular formula is C28H36Br2CoN2O2. The summed E-state index contributed by atoms with van der Waals surface area (Å²) in [5.41, 5.74) is 2.86. The van der Waals surface area contributed by atoms with Gasteiger partial charge in [0.1, 0.15) is 11.5 Å². The summed E-state index contributed by atoms with van der Waals surface area (Å²) in [7, 11) is 0. The standard InChI is InChI=1S/C28H36Br2N2O2.Co/c1-27(2,3)21-13-19(29)11-17(25(21)33)15-31-23-9-7-8-10-24(23)32-16-18-12-20(30)14-22(26(18)34)28(4,5)6;/h11-16,23-24,33-34H,7-10H2,1-6H3;/t23-,24-;/m1./s1. The van der Waals surface area contributed by atoms with Gasteiger partial charge >= 0.3 is 0 Å². The van der Waals surface area contributed by atoms with Gasteiger partial charge in [0.15, 0.2) is 0 Å². The molecule has 0 bridgehead atoms. The summed E-state index contributed by atoms with van der Waals surface area (Å²) in [5.74, 6) is 0.563. The quantitative estimate of drug-likeness (QED) is 0.329. The Labute approximate surface area is 237 Å². The minimum atomic E-state index is -0.175. The van der Waals surface area contributed by atoms with Crippen LogP contribution in [-0.2, 0) is 27.6 Å². The van der Waals surface area contributed by atoms with E-state index in [2.05, 4.69) is 73.4 Å². The first-order valence-electron chi connectivity index (χ1n) is 11.9. The molecule has 1 aliphatic carbocycles. The number of rotatable bonds is 4. The average molecular weight is 651 g/mol. The molecule has 1 fully saturated rings. The van der Waals surface area contributed by atoms with Crippen LogP contribution in [0.5, 0.6) is 11.5 Å². The normalized spacial score (nSPS) is 19.3. The van der Waals surface area contributed by atoms with Gasteiger partial charge in [0.25, 0.3) is 0 Å². The van der Waals surface area contributed by atoms with Crippen LogP contribution in [0.2, 0.25) is 0 Å². The number of aromatic hydroxyl groups is 2. The Kier molecular flexibility index (Phi) is 10.2. The van der Waals surface area contributed by atoms with Gasteiger partial charge in [0.05, 0.1) is 12.1 Å². The Bertz CT molecular complexity index is 1010. The van der Waals surface area contributed by atoms with Crippen molar-refractivity contribution in [2.45, 2.75) is 90.1 Å². The predicted molar refractivity (Wildman–Crippen MR) is 150 cm³/mol. The van der Waals surface area contributed by atoms with E-state index in [-0.39, 0.29) is 51.2 Å². The molecule has 2 aromatic rings. The fourth-order valence-electron chi connectivity index (χ4n) is 4.37. The summed E-state index contributed by atoms with van der Waals surface area (Å²) in [6.07, 6.45) is 7.72. The van der Waals surface area contributed by atoms with Crippen molar-refractivity contribution in [3.8, 4) is 11.5 Å². The summed E-state index contributed by atoms with van der Waals surface area (Å²) in [6.45, 7) is 12.5. The fourth-order valence-corrected chi connectivity index (χ4v) is 5.32. The van der Waals surface area contributed by atoms with Crippen molar-refractivity contribution in [3.05, 3.63) is 55.5 Å². The van der Waals surface area contributed by atoms with Gasteiger partial charge in [-0.15, -0.1) is 0 Å². The first-order valence-corrected chi connectivity index (χ1v) is 13.5.